The second kappa shape index (κ2) is 7.64. The van der Waals surface area contributed by atoms with Crippen LogP contribution in [-0.2, 0) is 11.3 Å². The molecule has 0 radical (unpaired) electrons. The lowest BCUT2D eigenvalue weighted by Gasteiger charge is -2.16. The molecule has 0 saturated carbocycles. The monoisotopic (exact) mass is 342 g/mol. The highest BCUT2D eigenvalue weighted by Crippen LogP contribution is 2.18. The Morgan fingerprint density at radius 3 is 3.04 bits per heavy atom. The molecule has 1 atom stereocenters. The van der Waals surface area contributed by atoms with E-state index in [0.717, 1.165) is 39.1 Å². The molecule has 0 aliphatic carbocycles. The molecule has 0 aromatic carbocycles. The first-order valence-electron chi connectivity index (χ1n) is 8.50. The molecule has 132 valence electrons. The van der Waals surface area contributed by atoms with Crippen molar-refractivity contribution in [3.05, 3.63) is 44.6 Å². The quantitative estimate of drug-likeness (QED) is 0.788. The zero-order chi connectivity index (χ0) is 17.8. The zero-order valence-corrected chi connectivity index (χ0v) is 14.3. The Morgan fingerprint density at radius 1 is 1.44 bits per heavy atom. The number of rotatable bonds is 6. The zero-order valence-electron chi connectivity index (χ0n) is 14.3. The average molecular weight is 342 g/mol. The molecule has 1 aliphatic rings. The minimum absolute atomic E-state index is 0.0347. The molecule has 7 heteroatoms. The van der Waals surface area contributed by atoms with E-state index in [2.05, 4.69) is 9.88 Å². The van der Waals surface area contributed by atoms with Gasteiger partial charge in [-0.05, 0) is 37.4 Å². The van der Waals surface area contributed by atoms with Gasteiger partial charge in [-0.3, -0.25) is 9.59 Å². The Balaban J connectivity index is 1.76. The summed E-state index contributed by atoms with van der Waals surface area (Å²) in [6, 6.07) is 4.94. The predicted molar refractivity (Wildman–Crippen MR) is 94.6 cm³/mol. The van der Waals surface area contributed by atoms with E-state index in [1.807, 2.05) is 6.07 Å². The second-order valence-corrected chi connectivity index (χ2v) is 6.53. The summed E-state index contributed by atoms with van der Waals surface area (Å²) >= 11 is 0. The van der Waals surface area contributed by atoms with E-state index in [0.29, 0.717) is 23.4 Å². The van der Waals surface area contributed by atoms with Crippen LogP contribution in [0.4, 0.5) is 0 Å². The van der Waals surface area contributed by atoms with Crippen LogP contribution in [0.5, 0.6) is 0 Å². The van der Waals surface area contributed by atoms with Crippen molar-refractivity contribution in [2.75, 3.05) is 33.4 Å². The lowest BCUT2D eigenvalue weighted by molar-refractivity contribution is 0.178. The molecule has 0 amide bonds. The van der Waals surface area contributed by atoms with E-state index in [-0.39, 0.29) is 11.1 Å². The second-order valence-electron chi connectivity index (χ2n) is 6.53. The number of nitriles is 1. The highest BCUT2D eigenvalue weighted by Gasteiger charge is 2.22. The maximum Gasteiger partial charge on any atom is 0.266 e. The fourth-order valence-corrected chi connectivity index (χ4v) is 3.44. The van der Waals surface area contributed by atoms with Crippen molar-refractivity contribution in [3.63, 3.8) is 0 Å². The standard InChI is InChI=1S/C18H22N4O3/c1-25-8-2-5-21-6-3-13(11-21)12-22-7-4-16-15(18(22)24)9-14(10-19)17(23)20-16/h4,7,9,13H,2-3,5-6,8,11-12H2,1H3,(H,20,23)/t13-/m1/s1. The normalized spacial score (nSPS) is 17.8. The van der Waals surface area contributed by atoms with Crippen LogP contribution in [0.25, 0.3) is 10.9 Å². The number of nitrogens with one attached hydrogen (secondary N) is 1. The Bertz CT molecular complexity index is 909. The van der Waals surface area contributed by atoms with Crippen LogP contribution < -0.4 is 11.1 Å². The van der Waals surface area contributed by atoms with E-state index in [1.54, 1.807) is 23.9 Å². The van der Waals surface area contributed by atoms with Crippen LogP contribution >= 0.6 is 0 Å². The summed E-state index contributed by atoms with van der Waals surface area (Å²) < 4.78 is 6.77. The van der Waals surface area contributed by atoms with Gasteiger partial charge in [-0.2, -0.15) is 5.26 Å². The van der Waals surface area contributed by atoms with Gasteiger partial charge in [0.2, 0.25) is 0 Å². The third-order valence-corrected chi connectivity index (χ3v) is 4.75. The van der Waals surface area contributed by atoms with E-state index >= 15 is 0 Å². The van der Waals surface area contributed by atoms with Gasteiger partial charge in [-0.1, -0.05) is 0 Å². The molecule has 2 aromatic rings. The predicted octanol–water partition coefficient (Wildman–Crippen LogP) is 0.920. The van der Waals surface area contributed by atoms with Gasteiger partial charge >= 0.3 is 0 Å². The highest BCUT2D eigenvalue weighted by atomic mass is 16.5. The topological polar surface area (TPSA) is 91.1 Å². The summed E-state index contributed by atoms with van der Waals surface area (Å²) in [5.41, 5.74) is -0.192. The first kappa shape index (κ1) is 17.4. The molecule has 7 nitrogen and oxygen atoms in total. The van der Waals surface area contributed by atoms with E-state index in [9.17, 15) is 9.59 Å². The molecule has 3 rings (SSSR count). The van der Waals surface area contributed by atoms with Crippen molar-refractivity contribution in [3.8, 4) is 6.07 Å². The largest absolute Gasteiger partial charge is 0.385 e. The Morgan fingerprint density at radius 2 is 2.28 bits per heavy atom. The molecular formula is C18H22N4O3. The smallest absolute Gasteiger partial charge is 0.266 e. The maximum atomic E-state index is 12.7. The number of methoxy groups -OCH3 is 1. The summed E-state index contributed by atoms with van der Waals surface area (Å²) in [6.07, 6.45) is 3.80. The first-order chi connectivity index (χ1) is 12.1. The van der Waals surface area contributed by atoms with Crippen LogP contribution in [0, 0.1) is 17.2 Å². The number of likely N-dealkylation sites (tertiary alicyclic amines) is 1. The first-order valence-corrected chi connectivity index (χ1v) is 8.50. The summed E-state index contributed by atoms with van der Waals surface area (Å²) in [5, 5.41) is 9.38. The van der Waals surface area contributed by atoms with Crippen molar-refractivity contribution >= 4 is 10.9 Å². The third kappa shape index (κ3) is 3.81. The van der Waals surface area contributed by atoms with Crippen molar-refractivity contribution in [2.45, 2.75) is 19.4 Å². The van der Waals surface area contributed by atoms with Crippen LogP contribution in [0.3, 0.4) is 0 Å². The number of H-pyrrole nitrogens is 1. The SMILES string of the molecule is COCCCN1CC[C@@H](Cn2ccc3[nH]c(=O)c(C#N)cc3c2=O)C1. The van der Waals surface area contributed by atoms with Gasteiger partial charge in [0.1, 0.15) is 11.6 Å². The number of pyridine rings is 2. The van der Waals surface area contributed by atoms with Gasteiger partial charge in [-0.25, -0.2) is 0 Å². The molecule has 0 bridgehead atoms. The molecule has 1 fully saturated rings. The number of nitrogens with zero attached hydrogens (tertiary/aromatic N) is 3. The maximum absolute atomic E-state index is 12.7. The van der Waals surface area contributed by atoms with Gasteiger partial charge in [-0.15, -0.1) is 0 Å². The number of aromatic amines is 1. The Labute approximate surface area is 145 Å². The highest BCUT2D eigenvalue weighted by molar-refractivity contribution is 5.78. The van der Waals surface area contributed by atoms with E-state index in [4.69, 9.17) is 10.00 Å². The van der Waals surface area contributed by atoms with Crippen LogP contribution in [0.15, 0.2) is 27.9 Å². The molecule has 0 spiro atoms. The number of ether oxygens (including phenoxy) is 1. The third-order valence-electron chi connectivity index (χ3n) is 4.75. The lowest BCUT2D eigenvalue weighted by atomic mass is 10.1. The molecule has 2 aromatic heterocycles. The number of hydrogen-bond donors (Lipinski definition) is 1. The molecule has 1 N–H and O–H groups in total. The summed E-state index contributed by atoms with van der Waals surface area (Å²) in [6.45, 7) is 4.46. The molecule has 25 heavy (non-hydrogen) atoms. The van der Waals surface area contributed by atoms with Crippen molar-refractivity contribution < 1.29 is 4.74 Å². The molecule has 3 heterocycles. The Hall–Kier alpha value is -2.43. The van der Waals surface area contributed by atoms with E-state index < -0.39 is 5.56 Å². The molecule has 1 aliphatic heterocycles. The minimum atomic E-state index is -0.463. The lowest BCUT2D eigenvalue weighted by Crippen LogP contribution is -2.27. The van der Waals surface area contributed by atoms with Crippen molar-refractivity contribution in [1.82, 2.24) is 14.5 Å². The van der Waals surface area contributed by atoms with Gasteiger partial charge in [0.25, 0.3) is 11.1 Å². The van der Waals surface area contributed by atoms with Crippen LogP contribution in [-0.4, -0.2) is 47.8 Å². The number of hydrogen-bond acceptors (Lipinski definition) is 5. The van der Waals surface area contributed by atoms with Gasteiger partial charge in [0.05, 0.1) is 10.9 Å². The molecular weight excluding hydrogens is 320 g/mol. The number of aromatic nitrogens is 2. The van der Waals surface area contributed by atoms with Crippen LogP contribution in [0.1, 0.15) is 18.4 Å². The average Bonchev–Trinajstić information content (AvgIpc) is 3.05. The fraction of sp³-hybridized carbons (Fsp3) is 0.500. The Kier molecular flexibility index (Phi) is 5.31. The summed E-state index contributed by atoms with van der Waals surface area (Å²) in [7, 11) is 1.71. The number of fused-ring (bicyclic) bond motifs is 1. The minimum Gasteiger partial charge on any atom is -0.385 e. The van der Waals surface area contributed by atoms with Gasteiger partial charge < -0.3 is 19.2 Å². The summed E-state index contributed by atoms with van der Waals surface area (Å²) in [5.74, 6) is 0.427. The summed E-state index contributed by atoms with van der Waals surface area (Å²) in [4.78, 5) is 29.4. The van der Waals surface area contributed by atoms with Crippen LogP contribution in [0.2, 0.25) is 0 Å². The fourth-order valence-electron chi connectivity index (χ4n) is 3.44. The molecule has 1 saturated heterocycles. The van der Waals surface area contributed by atoms with Gasteiger partial charge in [0.15, 0.2) is 0 Å². The van der Waals surface area contributed by atoms with Gasteiger partial charge in [0, 0.05) is 39.5 Å². The van der Waals surface area contributed by atoms with Crippen molar-refractivity contribution in [2.24, 2.45) is 5.92 Å². The van der Waals surface area contributed by atoms with E-state index in [1.165, 1.54) is 6.07 Å². The van der Waals surface area contributed by atoms with Crippen molar-refractivity contribution in [1.29, 1.82) is 5.26 Å². The molecule has 0 unspecified atom stereocenters.